The molecule has 2 aromatic carbocycles. The zero-order chi connectivity index (χ0) is 22.9. The van der Waals surface area contributed by atoms with E-state index in [9.17, 15) is 23.3 Å². The number of carbonyl (C=O) groups is 1. The second kappa shape index (κ2) is 8.75. The van der Waals surface area contributed by atoms with Crippen molar-refractivity contribution in [1.29, 1.82) is 0 Å². The number of rotatable bonds is 7. The van der Waals surface area contributed by atoms with E-state index >= 15 is 0 Å². The van der Waals surface area contributed by atoms with E-state index in [1.807, 2.05) is 0 Å². The van der Waals surface area contributed by atoms with Crippen LogP contribution in [0.4, 0.5) is 11.4 Å². The molecule has 1 heterocycles. The lowest BCUT2D eigenvalue weighted by Gasteiger charge is -2.35. The van der Waals surface area contributed by atoms with E-state index in [4.69, 9.17) is 4.74 Å². The van der Waals surface area contributed by atoms with Crippen LogP contribution in [0.25, 0.3) is 0 Å². The quantitative estimate of drug-likeness (QED) is 0.495. The smallest absolute Gasteiger partial charge is 0.293 e. The van der Waals surface area contributed by atoms with E-state index in [1.54, 1.807) is 29.2 Å². The molecule has 11 heteroatoms. The lowest BCUT2D eigenvalue weighted by Crippen LogP contribution is -2.48. The Morgan fingerprint density at radius 2 is 1.75 bits per heavy atom. The van der Waals surface area contributed by atoms with Crippen molar-refractivity contribution in [3.05, 3.63) is 58.1 Å². The van der Waals surface area contributed by atoms with Crippen LogP contribution in [0.15, 0.2) is 47.4 Å². The van der Waals surface area contributed by atoms with Crippen LogP contribution in [0, 0.1) is 10.1 Å². The fourth-order valence-electron chi connectivity index (χ4n) is 3.64. The number of nitro benzene ring substituents is 1. The van der Waals surface area contributed by atoms with E-state index in [0.717, 1.165) is 12.8 Å². The van der Waals surface area contributed by atoms with Crippen LogP contribution in [0.3, 0.4) is 0 Å². The molecule has 2 aliphatic rings. The molecule has 1 amide bonds. The maximum Gasteiger partial charge on any atom is 0.293 e. The standard InChI is InChI=1S/C21H24N4O6S/c1-31-17-5-7-18(8-6-17)32(29,30)24-12-10-23(11-13-24)19-9-2-15(14-20(19)25(27)28)21(26)22-16-3-4-16/h2,5-9,14,16H,3-4,10-13H2,1H3,(H,22,26). The van der Waals surface area contributed by atoms with Gasteiger partial charge in [0, 0.05) is 43.9 Å². The highest BCUT2D eigenvalue weighted by atomic mass is 32.2. The topological polar surface area (TPSA) is 122 Å². The van der Waals surface area contributed by atoms with Crippen LogP contribution < -0.4 is 15.0 Å². The van der Waals surface area contributed by atoms with E-state index in [0.29, 0.717) is 24.5 Å². The molecule has 1 saturated carbocycles. The summed E-state index contributed by atoms with van der Waals surface area (Å²) >= 11 is 0. The molecule has 0 radical (unpaired) electrons. The number of piperazine rings is 1. The number of nitro groups is 1. The molecule has 1 aliphatic heterocycles. The fraction of sp³-hybridized carbons (Fsp3) is 0.381. The zero-order valence-electron chi connectivity index (χ0n) is 17.6. The molecule has 0 unspecified atom stereocenters. The molecule has 170 valence electrons. The first-order valence-corrected chi connectivity index (χ1v) is 11.7. The number of nitrogens with zero attached hydrogens (tertiary/aromatic N) is 3. The summed E-state index contributed by atoms with van der Waals surface area (Å²) in [4.78, 5) is 25.4. The van der Waals surface area contributed by atoms with Gasteiger partial charge in [-0.3, -0.25) is 14.9 Å². The molecule has 1 saturated heterocycles. The van der Waals surface area contributed by atoms with Gasteiger partial charge in [-0.05, 0) is 49.2 Å². The monoisotopic (exact) mass is 460 g/mol. The number of methoxy groups -OCH3 is 1. The van der Waals surface area contributed by atoms with Gasteiger partial charge < -0.3 is 15.0 Å². The third-order valence-electron chi connectivity index (χ3n) is 5.62. The minimum absolute atomic E-state index is 0.155. The summed E-state index contributed by atoms with van der Waals surface area (Å²) < 4.78 is 32.3. The van der Waals surface area contributed by atoms with Crippen molar-refractivity contribution in [2.24, 2.45) is 0 Å². The minimum Gasteiger partial charge on any atom is -0.497 e. The number of anilines is 1. The van der Waals surface area contributed by atoms with Gasteiger partial charge in [-0.25, -0.2) is 8.42 Å². The predicted molar refractivity (Wildman–Crippen MR) is 118 cm³/mol. The summed E-state index contributed by atoms with van der Waals surface area (Å²) in [5.74, 6) is 0.243. The first-order valence-electron chi connectivity index (χ1n) is 10.3. The number of hydrogen-bond acceptors (Lipinski definition) is 7. The van der Waals surface area contributed by atoms with E-state index in [1.165, 1.54) is 29.6 Å². The fourth-order valence-corrected chi connectivity index (χ4v) is 5.06. The van der Waals surface area contributed by atoms with Gasteiger partial charge >= 0.3 is 0 Å². The Bertz CT molecular complexity index is 1120. The maximum atomic E-state index is 12.9. The lowest BCUT2D eigenvalue weighted by atomic mass is 10.1. The Morgan fingerprint density at radius 3 is 2.31 bits per heavy atom. The lowest BCUT2D eigenvalue weighted by molar-refractivity contribution is -0.384. The van der Waals surface area contributed by atoms with Crippen LogP contribution in [-0.4, -0.2) is 62.9 Å². The van der Waals surface area contributed by atoms with Gasteiger partial charge in [0.1, 0.15) is 11.4 Å². The van der Waals surface area contributed by atoms with E-state index in [-0.39, 0.29) is 41.2 Å². The maximum absolute atomic E-state index is 12.9. The number of nitrogens with one attached hydrogen (secondary N) is 1. The van der Waals surface area contributed by atoms with Crippen LogP contribution in [0.1, 0.15) is 23.2 Å². The molecule has 1 aliphatic carbocycles. The first kappa shape index (κ1) is 22.0. The van der Waals surface area contributed by atoms with Crippen molar-refractivity contribution in [2.45, 2.75) is 23.8 Å². The minimum atomic E-state index is -3.68. The zero-order valence-corrected chi connectivity index (χ0v) is 18.4. The van der Waals surface area contributed by atoms with Gasteiger partial charge in [-0.1, -0.05) is 0 Å². The van der Waals surface area contributed by atoms with Crippen molar-refractivity contribution in [1.82, 2.24) is 9.62 Å². The highest BCUT2D eigenvalue weighted by molar-refractivity contribution is 7.89. The summed E-state index contributed by atoms with van der Waals surface area (Å²) in [6.45, 7) is 0.971. The van der Waals surface area contributed by atoms with Gasteiger partial charge in [0.25, 0.3) is 11.6 Å². The summed E-state index contributed by atoms with van der Waals surface area (Å²) in [6, 6.07) is 10.7. The van der Waals surface area contributed by atoms with Gasteiger partial charge in [-0.2, -0.15) is 4.31 Å². The van der Waals surface area contributed by atoms with Gasteiger partial charge in [0.15, 0.2) is 0 Å². The summed E-state index contributed by atoms with van der Waals surface area (Å²) in [5.41, 5.74) is 0.451. The largest absolute Gasteiger partial charge is 0.497 e. The van der Waals surface area contributed by atoms with Crippen LogP contribution in [0.5, 0.6) is 5.75 Å². The van der Waals surface area contributed by atoms with Crippen LogP contribution >= 0.6 is 0 Å². The second-order valence-corrected chi connectivity index (χ2v) is 9.71. The number of ether oxygens (including phenoxy) is 1. The molecule has 10 nitrogen and oxygen atoms in total. The SMILES string of the molecule is COc1ccc(S(=O)(=O)N2CCN(c3ccc(C(=O)NC4CC4)cc3[N+](=O)[O-])CC2)cc1. The second-order valence-electron chi connectivity index (χ2n) is 7.78. The molecule has 4 rings (SSSR count). The summed E-state index contributed by atoms with van der Waals surface area (Å²) in [5, 5.41) is 14.5. The summed E-state index contributed by atoms with van der Waals surface area (Å²) in [6.07, 6.45) is 1.85. The molecule has 32 heavy (non-hydrogen) atoms. The van der Waals surface area contributed by atoms with Crippen molar-refractivity contribution >= 4 is 27.3 Å². The third-order valence-corrected chi connectivity index (χ3v) is 7.54. The van der Waals surface area contributed by atoms with Crippen molar-refractivity contribution in [3.8, 4) is 5.75 Å². The van der Waals surface area contributed by atoms with Crippen molar-refractivity contribution < 1.29 is 22.9 Å². The van der Waals surface area contributed by atoms with Gasteiger partial charge in [0.05, 0.1) is 16.9 Å². The van der Waals surface area contributed by atoms with Crippen molar-refractivity contribution in [3.63, 3.8) is 0 Å². The molecule has 0 spiro atoms. The Balaban J connectivity index is 1.48. The number of amides is 1. The van der Waals surface area contributed by atoms with Crippen LogP contribution in [0.2, 0.25) is 0 Å². The van der Waals surface area contributed by atoms with E-state index in [2.05, 4.69) is 5.32 Å². The molecular formula is C21H24N4O6S. The molecule has 2 aromatic rings. The number of benzene rings is 2. The molecule has 0 bridgehead atoms. The molecule has 2 fully saturated rings. The average molecular weight is 461 g/mol. The Labute approximate surface area is 186 Å². The Kier molecular flexibility index (Phi) is 6.02. The molecule has 1 N–H and O–H groups in total. The third kappa shape index (κ3) is 4.53. The average Bonchev–Trinajstić information content (AvgIpc) is 3.62. The highest BCUT2D eigenvalue weighted by Gasteiger charge is 2.31. The number of sulfonamides is 1. The first-order chi connectivity index (χ1) is 15.3. The van der Waals surface area contributed by atoms with Crippen molar-refractivity contribution in [2.75, 3.05) is 38.2 Å². The molecular weight excluding hydrogens is 436 g/mol. The van der Waals surface area contributed by atoms with E-state index < -0.39 is 14.9 Å². The number of hydrogen-bond donors (Lipinski definition) is 1. The van der Waals surface area contributed by atoms with Crippen LogP contribution in [-0.2, 0) is 10.0 Å². The van der Waals surface area contributed by atoms with Gasteiger partial charge in [0.2, 0.25) is 10.0 Å². The molecule has 0 aromatic heterocycles. The molecule has 0 atom stereocenters. The highest BCUT2D eigenvalue weighted by Crippen LogP contribution is 2.31. The predicted octanol–water partition coefficient (Wildman–Crippen LogP) is 2.01. The number of carbonyl (C=O) groups excluding carboxylic acids is 1. The summed E-state index contributed by atoms with van der Waals surface area (Å²) in [7, 11) is -2.17. The Morgan fingerprint density at radius 1 is 1.09 bits per heavy atom. The van der Waals surface area contributed by atoms with Gasteiger partial charge in [-0.15, -0.1) is 0 Å². The Hall–Kier alpha value is -3.18. The normalized spacial score (nSPS) is 17.1.